The van der Waals surface area contributed by atoms with E-state index < -0.39 is 0 Å². The predicted molar refractivity (Wildman–Crippen MR) is 69.7 cm³/mol. The quantitative estimate of drug-likeness (QED) is 0.707. The molecule has 0 fully saturated rings. The zero-order valence-corrected chi connectivity index (χ0v) is 9.98. The van der Waals surface area contributed by atoms with Crippen molar-refractivity contribution in [3.05, 3.63) is 71.3 Å². The van der Waals surface area contributed by atoms with Crippen molar-refractivity contribution in [3.8, 4) is 0 Å². The van der Waals surface area contributed by atoms with Gasteiger partial charge in [0.25, 0.3) is 0 Å². The standard InChI is InChI=1S/C16H18/c1-13-7-6-10-16(11-13)14(2)12-15-8-4-3-5-9-15/h3-11,14H,12H2,1-2H3. The fraction of sp³-hybridized carbons (Fsp3) is 0.250. The Labute approximate surface area is 97.9 Å². The maximum Gasteiger partial charge on any atom is -0.0150 e. The Morgan fingerprint density at radius 1 is 0.938 bits per heavy atom. The van der Waals surface area contributed by atoms with E-state index in [-0.39, 0.29) is 0 Å². The molecule has 0 heteroatoms. The first kappa shape index (κ1) is 10.9. The van der Waals surface area contributed by atoms with Crippen molar-refractivity contribution >= 4 is 0 Å². The third-order valence-corrected chi connectivity index (χ3v) is 3.00. The van der Waals surface area contributed by atoms with Gasteiger partial charge in [0, 0.05) is 0 Å². The van der Waals surface area contributed by atoms with Crippen LogP contribution in [0.1, 0.15) is 29.5 Å². The van der Waals surface area contributed by atoms with E-state index in [1.807, 2.05) is 0 Å². The molecule has 2 aromatic rings. The Balaban J connectivity index is 2.12. The van der Waals surface area contributed by atoms with Gasteiger partial charge in [-0.1, -0.05) is 67.1 Å². The monoisotopic (exact) mass is 210 g/mol. The molecule has 0 amide bonds. The van der Waals surface area contributed by atoms with Gasteiger partial charge in [-0.15, -0.1) is 0 Å². The van der Waals surface area contributed by atoms with Crippen LogP contribution in [0.2, 0.25) is 0 Å². The Bertz CT molecular complexity index is 443. The third-order valence-electron chi connectivity index (χ3n) is 3.00. The molecule has 2 rings (SSSR count). The molecule has 0 N–H and O–H groups in total. The van der Waals surface area contributed by atoms with E-state index in [9.17, 15) is 0 Å². The Morgan fingerprint density at radius 3 is 2.38 bits per heavy atom. The Kier molecular flexibility index (Phi) is 3.40. The minimum atomic E-state index is 0.585. The van der Waals surface area contributed by atoms with Crippen LogP contribution in [-0.2, 0) is 6.42 Å². The second-order valence-corrected chi connectivity index (χ2v) is 4.50. The molecule has 0 heterocycles. The van der Waals surface area contributed by atoms with Gasteiger partial charge in [-0.2, -0.15) is 0 Å². The van der Waals surface area contributed by atoms with Crippen molar-refractivity contribution in [2.24, 2.45) is 0 Å². The van der Waals surface area contributed by atoms with Crippen LogP contribution < -0.4 is 0 Å². The minimum Gasteiger partial charge on any atom is -0.0622 e. The summed E-state index contributed by atoms with van der Waals surface area (Å²) < 4.78 is 0. The first-order valence-corrected chi connectivity index (χ1v) is 5.86. The summed E-state index contributed by atoms with van der Waals surface area (Å²) in [6, 6.07) is 19.5. The third kappa shape index (κ3) is 2.73. The van der Waals surface area contributed by atoms with Crippen LogP contribution in [0, 0.1) is 6.92 Å². The lowest BCUT2D eigenvalue weighted by molar-refractivity contribution is 0.758. The fourth-order valence-electron chi connectivity index (χ4n) is 2.06. The van der Waals surface area contributed by atoms with Crippen LogP contribution in [0.5, 0.6) is 0 Å². The van der Waals surface area contributed by atoms with Crippen molar-refractivity contribution < 1.29 is 0 Å². The molecule has 1 atom stereocenters. The molecule has 0 aliphatic rings. The molecule has 0 aliphatic heterocycles. The van der Waals surface area contributed by atoms with Gasteiger partial charge in [0.15, 0.2) is 0 Å². The zero-order chi connectivity index (χ0) is 11.4. The second-order valence-electron chi connectivity index (χ2n) is 4.50. The summed E-state index contributed by atoms with van der Waals surface area (Å²) in [5.74, 6) is 0.585. The summed E-state index contributed by atoms with van der Waals surface area (Å²) in [6.45, 7) is 4.44. The molecule has 0 bridgehead atoms. The minimum absolute atomic E-state index is 0.585. The van der Waals surface area contributed by atoms with Crippen molar-refractivity contribution in [3.63, 3.8) is 0 Å². The van der Waals surface area contributed by atoms with Crippen molar-refractivity contribution in [1.29, 1.82) is 0 Å². The molecule has 0 spiro atoms. The second kappa shape index (κ2) is 4.98. The van der Waals surface area contributed by atoms with Crippen LogP contribution in [0.15, 0.2) is 54.6 Å². The fourth-order valence-corrected chi connectivity index (χ4v) is 2.06. The first-order chi connectivity index (χ1) is 7.75. The van der Waals surface area contributed by atoms with Gasteiger partial charge < -0.3 is 0 Å². The highest BCUT2D eigenvalue weighted by molar-refractivity contribution is 5.27. The average Bonchev–Trinajstić information content (AvgIpc) is 2.30. The van der Waals surface area contributed by atoms with Gasteiger partial charge in [0.1, 0.15) is 0 Å². The van der Waals surface area contributed by atoms with Gasteiger partial charge >= 0.3 is 0 Å². The van der Waals surface area contributed by atoms with E-state index >= 15 is 0 Å². The number of hydrogen-bond acceptors (Lipinski definition) is 0. The summed E-state index contributed by atoms with van der Waals surface area (Å²) in [4.78, 5) is 0. The first-order valence-electron chi connectivity index (χ1n) is 5.86. The van der Waals surface area contributed by atoms with Crippen molar-refractivity contribution in [2.75, 3.05) is 0 Å². The SMILES string of the molecule is Cc1cccc(C(C)Cc2ccccc2)c1. The van der Waals surface area contributed by atoms with Crippen LogP contribution in [0.4, 0.5) is 0 Å². The van der Waals surface area contributed by atoms with E-state index in [0.717, 1.165) is 6.42 Å². The summed E-state index contributed by atoms with van der Waals surface area (Å²) in [5.41, 5.74) is 4.19. The predicted octanol–water partition coefficient (Wildman–Crippen LogP) is 4.34. The maximum atomic E-state index is 2.29. The van der Waals surface area contributed by atoms with Crippen LogP contribution >= 0.6 is 0 Å². The Hall–Kier alpha value is -1.56. The largest absolute Gasteiger partial charge is 0.0622 e. The Morgan fingerprint density at radius 2 is 1.69 bits per heavy atom. The van der Waals surface area contributed by atoms with Gasteiger partial charge in [-0.3, -0.25) is 0 Å². The molecule has 0 nitrogen and oxygen atoms in total. The van der Waals surface area contributed by atoms with E-state index in [1.54, 1.807) is 0 Å². The molecule has 2 aromatic carbocycles. The highest BCUT2D eigenvalue weighted by atomic mass is 14.1. The smallest absolute Gasteiger partial charge is 0.0150 e. The number of benzene rings is 2. The zero-order valence-electron chi connectivity index (χ0n) is 9.98. The summed E-state index contributed by atoms with van der Waals surface area (Å²) in [7, 11) is 0. The van der Waals surface area contributed by atoms with Gasteiger partial charge in [0.2, 0.25) is 0 Å². The number of hydrogen-bond donors (Lipinski definition) is 0. The number of rotatable bonds is 3. The van der Waals surface area contributed by atoms with Gasteiger partial charge in [-0.25, -0.2) is 0 Å². The molecular weight excluding hydrogens is 192 g/mol. The van der Waals surface area contributed by atoms with Crippen LogP contribution in [0.25, 0.3) is 0 Å². The van der Waals surface area contributed by atoms with Crippen LogP contribution in [0.3, 0.4) is 0 Å². The molecule has 0 radical (unpaired) electrons. The maximum absolute atomic E-state index is 2.29. The molecule has 0 saturated carbocycles. The van der Waals surface area contributed by atoms with Crippen LogP contribution in [-0.4, -0.2) is 0 Å². The highest BCUT2D eigenvalue weighted by Gasteiger charge is 2.06. The molecule has 82 valence electrons. The lowest BCUT2D eigenvalue weighted by Gasteiger charge is -2.12. The van der Waals surface area contributed by atoms with Crippen molar-refractivity contribution in [2.45, 2.75) is 26.2 Å². The lowest BCUT2D eigenvalue weighted by Crippen LogP contribution is -1.98. The van der Waals surface area contributed by atoms with E-state index in [2.05, 4.69) is 68.4 Å². The average molecular weight is 210 g/mol. The summed E-state index contributed by atoms with van der Waals surface area (Å²) in [6.07, 6.45) is 1.12. The molecule has 16 heavy (non-hydrogen) atoms. The van der Waals surface area contributed by atoms with E-state index in [1.165, 1.54) is 16.7 Å². The molecule has 0 saturated heterocycles. The van der Waals surface area contributed by atoms with Gasteiger partial charge in [-0.05, 0) is 30.4 Å². The number of aryl methyl sites for hydroxylation is 1. The molecular formula is C16H18. The normalized spacial score (nSPS) is 12.4. The summed E-state index contributed by atoms with van der Waals surface area (Å²) >= 11 is 0. The lowest BCUT2D eigenvalue weighted by atomic mass is 9.93. The highest BCUT2D eigenvalue weighted by Crippen LogP contribution is 2.20. The summed E-state index contributed by atoms with van der Waals surface area (Å²) in [5, 5.41) is 0. The topological polar surface area (TPSA) is 0 Å². The van der Waals surface area contributed by atoms with E-state index in [0.29, 0.717) is 5.92 Å². The molecule has 0 aromatic heterocycles. The molecule has 1 unspecified atom stereocenters. The van der Waals surface area contributed by atoms with Gasteiger partial charge in [0.05, 0.1) is 0 Å². The van der Waals surface area contributed by atoms with Crippen molar-refractivity contribution in [1.82, 2.24) is 0 Å². The van der Waals surface area contributed by atoms with E-state index in [4.69, 9.17) is 0 Å². The molecule has 0 aliphatic carbocycles.